The summed E-state index contributed by atoms with van der Waals surface area (Å²) >= 11 is 17.8. The molecule has 0 saturated carbocycles. The van der Waals surface area contributed by atoms with E-state index in [0.29, 0.717) is 6.61 Å². The fourth-order valence-corrected chi connectivity index (χ4v) is 5.23. The van der Waals surface area contributed by atoms with Gasteiger partial charge in [0.1, 0.15) is 4.90 Å². The van der Waals surface area contributed by atoms with Gasteiger partial charge in [-0.05, 0) is 31.5 Å². The Morgan fingerprint density at radius 3 is 2.45 bits per heavy atom. The number of nitrogens with one attached hydrogen (secondary N) is 2. The number of rotatable bonds is 6. The monoisotopic (exact) mass is 386 g/mol. The average Bonchev–Trinajstić information content (AvgIpc) is 2.84. The van der Waals surface area contributed by atoms with Crippen molar-refractivity contribution in [1.29, 1.82) is 0 Å². The van der Waals surface area contributed by atoms with Gasteiger partial charge >= 0.3 is 0 Å². The number of hydrogen-bond acceptors (Lipinski definition) is 4. The van der Waals surface area contributed by atoms with E-state index in [1.807, 2.05) is 0 Å². The summed E-state index contributed by atoms with van der Waals surface area (Å²) < 4.78 is 32.8. The zero-order valence-corrected chi connectivity index (χ0v) is 15.0. The SMILES string of the molecule is COCC1(CNS(=O)(=O)c2c(Cl)cc(Cl)cc2Cl)CCCN1. The minimum atomic E-state index is -3.85. The quantitative estimate of drug-likeness (QED) is 0.787. The van der Waals surface area contributed by atoms with Crippen LogP contribution in [0.25, 0.3) is 0 Å². The van der Waals surface area contributed by atoms with Gasteiger partial charge in [-0.15, -0.1) is 0 Å². The molecule has 2 N–H and O–H groups in total. The van der Waals surface area contributed by atoms with E-state index in [4.69, 9.17) is 39.5 Å². The Hall–Kier alpha value is -0.0800. The smallest absolute Gasteiger partial charge is 0.243 e. The van der Waals surface area contributed by atoms with Crippen LogP contribution >= 0.6 is 34.8 Å². The predicted molar refractivity (Wildman–Crippen MR) is 88.5 cm³/mol. The van der Waals surface area contributed by atoms with Crippen molar-refractivity contribution in [2.45, 2.75) is 23.3 Å². The topological polar surface area (TPSA) is 67.4 Å². The maximum Gasteiger partial charge on any atom is 0.243 e. The van der Waals surface area contributed by atoms with Crippen LogP contribution in [0.5, 0.6) is 0 Å². The van der Waals surface area contributed by atoms with Crippen molar-refractivity contribution in [2.24, 2.45) is 0 Å². The number of halogens is 3. The molecule has 1 aliphatic rings. The minimum Gasteiger partial charge on any atom is -0.383 e. The largest absolute Gasteiger partial charge is 0.383 e. The molecule has 1 aromatic rings. The van der Waals surface area contributed by atoms with Crippen LogP contribution < -0.4 is 10.0 Å². The highest BCUT2D eigenvalue weighted by Gasteiger charge is 2.35. The minimum absolute atomic E-state index is 0.00910. The van der Waals surface area contributed by atoms with E-state index in [1.165, 1.54) is 12.1 Å². The van der Waals surface area contributed by atoms with Crippen LogP contribution in [0.15, 0.2) is 17.0 Å². The molecule has 0 aliphatic carbocycles. The van der Waals surface area contributed by atoms with E-state index in [2.05, 4.69) is 10.0 Å². The fraction of sp³-hybridized carbons (Fsp3) is 0.538. The third-order valence-corrected chi connectivity index (χ3v) is 6.13. The Kier molecular flexibility index (Phi) is 5.99. The number of benzene rings is 1. The number of ether oxygens (including phenoxy) is 1. The average molecular weight is 388 g/mol. The summed E-state index contributed by atoms with van der Waals surface area (Å²) in [6.45, 7) is 1.43. The van der Waals surface area contributed by atoms with Gasteiger partial charge in [0.2, 0.25) is 10.0 Å². The van der Waals surface area contributed by atoms with Crippen LogP contribution in [0.4, 0.5) is 0 Å². The lowest BCUT2D eigenvalue weighted by atomic mass is 9.99. The second-order valence-electron chi connectivity index (χ2n) is 5.27. The highest BCUT2D eigenvalue weighted by atomic mass is 35.5. The molecule has 2 rings (SSSR count). The summed E-state index contributed by atoms with van der Waals surface area (Å²) in [7, 11) is -2.26. The van der Waals surface area contributed by atoms with E-state index in [9.17, 15) is 8.42 Å². The lowest BCUT2D eigenvalue weighted by Gasteiger charge is -2.29. The third kappa shape index (κ3) is 4.06. The van der Waals surface area contributed by atoms with Gasteiger partial charge in [0.05, 0.1) is 22.2 Å². The molecule has 0 bridgehead atoms. The first-order valence-corrected chi connectivity index (χ1v) is 9.29. The molecule has 5 nitrogen and oxygen atoms in total. The summed E-state index contributed by atoms with van der Waals surface area (Å²) in [5.74, 6) is 0. The van der Waals surface area contributed by atoms with Crippen LogP contribution in [0.3, 0.4) is 0 Å². The van der Waals surface area contributed by atoms with Crippen molar-refractivity contribution >= 4 is 44.8 Å². The molecule has 1 aromatic carbocycles. The maximum absolute atomic E-state index is 12.5. The Morgan fingerprint density at radius 1 is 1.32 bits per heavy atom. The molecule has 1 heterocycles. The summed E-state index contributed by atoms with van der Waals surface area (Å²) in [6, 6.07) is 2.70. The Bertz CT molecular complexity index is 623. The van der Waals surface area contributed by atoms with Gasteiger partial charge in [-0.2, -0.15) is 0 Å². The number of methoxy groups -OCH3 is 1. The first kappa shape index (κ1) is 18.3. The molecule has 0 aromatic heterocycles. The molecule has 1 fully saturated rings. The molecule has 1 unspecified atom stereocenters. The first-order valence-electron chi connectivity index (χ1n) is 6.68. The standard InChI is InChI=1S/C13H17Cl3N2O3S/c1-21-8-13(3-2-4-17-13)7-18-22(19,20)12-10(15)5-9(14)6-11(12)16/h5-6,17-18H,2-4,7-8H2,1H3. The zero-order chi connectivity index (χ0) is 16.4. The lowest BCUT2D eigenvalue weighted by molar-refractivity contribution is 0.122. The summed E-state index contributed by atoms with van der Waals surface area (Å²) in [4.78, 5) is -0.161. The van der Waals surface area contributed by atoms with Crippen molar-refractivity contribution in [1.82, 2.24) is 10.0 Å². The van der Waals surface area contributed by atoms with Gasteiger partial charge < -0.3 is 10.1 Å². The molecular weight excluding hydrogens is 371 g/mol. The summed E-state index contributed by atoms with van der Waals surface area (Å²) in [5, 5.41) is 3.56. The maximum atomic E-state index is 12.5. The molecule has 0 spiro atoms. The van der Waals surface area contributed by atoms with Crippen LogP contribution in [0.2, 0.25) is 15.1 Å². The van der Waals surface area contributed by atoms with Crippen molar-refractivity contribution in [3.05, 3.63) is 27.2 Å². The van der Waals surface area contributed by atoms with Crippen molar-refractivity contribution in [3.63, 3.8) is 0 Å². The van der Waals surface area contributed by atoms with Gasteiger partial charge in [0, 0.05) is 18.7 Å². The van der Waals surface area contributed by atoms with E-state index < -0.39 is 15.6 Å². The molecule has 0 radical (unpaired) electrons. The number of hydrogen-bond donors (Lipinski definition) is 2. The molecule has 1 aliphatic heterocycles. The molecule has 124 valence electrons. The first-order chi connectivity index (χ1) is 10.3. The summed E-state index contributed by atoms with van der Waals surface area (Å²) in [6.07, 6.45) is 1.79. The zero-order valence-electron chi connectivity index (χ0n) is 12.0. The highest BCUT2D eigenvalue weighted by Crippen LogP contribution is 2.32. The van der Waals surface area contributed by atoms with E-state index in [0.717, 1.165) is 19.4 Å². The Balaban J connectivity index is 2.21. The van der Waals surface area contributed by atoms with Crippen LogP contribution in [-0.4, -0.2) is 40.8 Å². The Labute approximate surface area is 145 Å². The molecule has 0 amide bonds. The Morgan fingerprint density at radius 2 is 1.95 bits per heavy atom. The normalized spacial score (nSPS) is 22.2. The van der Waals surface area contributed by atoms with Gasteiger partial charge in [-0.1, -0.05) is 34.8 Å². The van der Waals surface area contributed by atoms with Gasteiger partial charge in [-0.25, -0.2) is 13.1 Å². The third-order valence-electron chi connectivity index (χ3n) is 3.59. The number of sulfonamides is 1. The van der Waals surface area contributed by atoms with Crippen molar-refractivity contribution in [2.75, 3.05) is 26.8 Å². The second-order valence-corrected chi connectivity index (χ2v) is 8.22. The molecule has 1 saturated heterocycles. The van der Waals surface area contributed by atoms with Crippen molar-refractivity contribution < 1.29 is 13.2 Å². The van der Waals surface area contributed by atoms with Gasteiger partial charge in [0.15, 0.2) is 0 Å². The molecule has 22 heavy (non-hydrogen) atoms. The van der Waals surface area contributed by atoms with E-state index in [-0.39, 0.29) is 26.5 Å². The lowest BCUT2D eigenvalue weighted by Crippen LogP contribution is -2.52. The second kappa shape index (κ2) is 7.21. The van der Waals surface area contributed by atoms with Crippen molar-refractivity contribution in [3.8, 4) is 0 Å². The molecular formula is C13H17Cl3N2O3S. The van der Waals surface area contributed by atoms with E-state index in [1.54, 1.807) is 7.11 Å². The van der Waals surface area contributed by atoms with Crippen LogP contribution in [-0.2, 0) is 14.8 Å². The molecule has 1 atom stereocenters. The van der Waals surface area contributed by atoms with E-state index >= 15 is 0 Å². The van der Waals surface area contributed by atoms with Gasteiger partial charge in [0.25, 0.3) is 0 Å². The highest BCUT2D eigenvalue weighted by molar-refractivity contribution is 7.89. The van der Waals surface area contributed by atoms with Crippen LogP contribution in [0.1, 0.15) is 12.8 Å². The van der Waals surface area contributed by atoms with Crippen LogP contribution in [0, 0.1) is 0 Å². The fourth-order valence-electron chi connectivity index (χ4n) is 2.56. The predicted octanol–water partition coefficient (Wildman–Crippen LogP) is 2.69. The summed E-state index contributed by atoms with van der Waals surface area (Å²) in [5.41, 5.74) is -0.410. The van der Waals surface area contributed by atoms with Gasteiger partial charge in [-0.3, -0.25) is 0 Å². The molecule has 9 heteroatoms.